The van der Waals surface area contributed by atoms with Crippen LogP contribution in [0.2, 0.25) is 0 Å². The highest BCUT2D eigenvalue weighted by Gasteiger charge is 2.45. The van der Waals surface area contributed by atoms with E-state index in [0.717, 1.165) is 22.3 Å². The number of aromatic nitrogens is 2. The first kappa shape index (κ1) is 26.0. The molecular weight excluding hydrogens is 490 g/mol. The number of ether oxygens (including phenoxy) is 1. The number of aliphatic hydroxyl groups excluding tert-OH is 1. The van der Waals surface area contributed by atoms with Crippen LogP contribution in [0.1, 0.15) is 40.3 Å². The van der Waals surface area contributed by atoms with Crippen LogP contribution in [0.4, 0.5) is 0 Å². The zero-order valence-electron chi connectivity index (χ0n) is 22.1. The number of carbonyl (C=O) groups is 2. The van der Waals surface area contributed by atoms with Gasteiger partial charge in [-0.15, -0.1) is 0 Å². The van der Waals surface area contributed by atoms with Gasteiger partial charge in [0, 0.05) is 31.0 Å². The minimum absolute atomic E-state index is 0.106. The average molecular weight is 522 g/mol. The number of amides is 1. The standard InChI is InChI=1S/C32H31N3O4/c1-22-9-10-23(2)27(19-22)30(36)28-29(35(32(38)31(28)37)17-6-16-34-18-15-33-21-34)25-11-13-26(14-12-25)39-20-24-7-4-3-5-8-24/h3-5,7-15,18-19,21,29,36H,6,16-17,20H2,1-2H3. The predicted molar refractivity (Wildman–Crippen MR) is 149 cm³/mol. The molecule has 7 heteroatoms. The number of hydrogen-bond acceptors (Lipinski definition) is 5. The number of ketones is 1. The summed E-state index contributed by atoms with van der Waals surface area (Å²) in [6.45, 7) is 5.24. The van der Waals surface area contributed by atoms with Crippen LogP contribution in [0.15, 0.2) is 97.1 Å². The molecule has 1 aliphatic rings. The van der Waals surface area contributed by atoms with Gasteiger partial charge in [-0.05, 0) is 55.2 Å². The molecule has 0 aliphatic carbocycles. The number of imidazole rings is 1. The van der Waals surface area contributed by atoms with Gasteiger partial charge in [0.05, 0.1) is 17.9 Å². The third kappa shape index (κ3) is 5.62. The lowest BCUT2D eigenvalue weighted by molar-refractivity contribution is -0.139. The van der Waals surface area contributed by atoms with Crippen LogP contribution in [0.3, 0.4) is 0 Å². The summed E-state index contributed by atoms with van der Waals surface area (Å²) in [4.78, 5) is 32.3. The number of hydrogen-bond donors (Lipinski definition) is 1. The summed E-state index contributed by atoms with van der Waals surface area (Å²) in [7, 11) is 0. The van der Waals surface area contributed by atoms with Crippen LogP contribution in [-0.4, -0.2) is 37.8 Å². The second-order valence-electron chi connectivity index (χ2n) is 9.81. The minimum atomic E-state index is -0.712. The van der Waals surface area contributed by atoms with Gasteiger partial charge in [-0.2, -0.15) is 0 Å². The summed E-state index contributed by atoms with van der Waals surface area (Å²) in [5, 5.41) is 11.4. The van der Waals surface area contributed by atoms with Crippen LogP contribution in [0.25, 0.3) is 5.76 Å². The lowest BCUT2D eigenvalue weighted by Crippen LogP contribution is -2.31. The molecular formula is C32H31N3O4. The quantitative estimate of drug-likeness (QED) is 0.176. The molecule has 1 atom stereocenters. The molecule has 0 spiro atoms. The molecule has 1 fully saturated rings. The van der Waals surface area contributed by atoms with E-state index in [1.165, 1.54) is 0 Å². The van der Waals surface area contributed by atoms with Crippen molar-refractivity contribution in [1.82, 2.24) is 14.5 Å². The first-order valence-corrected chi connectivity index (χ1v) is 13.0. The summed E-state index contributed by atoms with van der Waals surface area (Å²) < 4.78 is 7.87. The number of aryl methyl sites for hydroxylation is 3. The number of carbonyl (C=O) groups excluding carboxylic acids is 2. The highest BCUT2D eigenvalue weighted by Crippen LogP contribution is 2.40. The van der Waals surface area contributed by atoms with Crippen LogP contribution in [0.5, 0.6) is 5.75 Å². The van der Waals surface area contributed by atoms with E-state index in [0.29, 0.717) is 37.4 Å². The zero-order valence-corrected chi connectivity index (χ0v) is 22.1. The Balaban J connectivity index is 1.47. The fourth-order valence-electron chi connectivity index (χ4n) is 4.92. The Hall–Kier alpha value is -4.65. The molecule has 1 saturated heterocycles. The zero-order chi connectivity index (χ0) is 27.4. The first-order valence-electron chi connectivity index (χ1n) is 13.0. The van der Waals surface area contributed by atoms with E-state index in [1.807, 2.05) is 97.4 Å². The van der Waals surface area contributed by atoms with E-state index in [-0.39, 0.29) is 11.3 Å². The van der Waals surface area contributed by atoms with Gasteiger partial charge in [0.1, 0.15) is 18.1 Å². The van der Waals surface area contributed by atoms with Gasteiger partial charge in [0.25, 0.3) is 11.7 Å². The largest absolute Gasteiger partial charge is 0.507 e. The number of rotatable bonds is 9. The van der Waals surface area contributed by atoms with E-state index in [4.69, 9.17) is 4.74 Å². The van der Waals surface area contributed by atoms with Gasteiger partial charge in [0.15, 0.2) is 0 Å². The monoisotopic (exact) mass is 521 g/mol. The van der Waals surface area contributed by atoms with Crippen molar-refractivity contribution in [3.8, 4) is 5.75 Å². The van der Waals surface area contributed by atoms with Gasteiger partial charge in [-0.3, -0.25) is 9.59 Å². The number of likely N-dealkylation sites (tertiary alicyclic amines) is 1. The predicted octanol–water partition coefficient (Wildman–Crippen LogP) is 5.59. The maximum absolute atomic E-state index is 13.4. The Morgan fingerprint density at radius 2 is 1.74 bits per heavy atom. The average Bonchev–Trinajstić information content (AvgIpc) is 3.56. The molecule has 1 aliphatic heterocycles. The summed E-state index contributed by atoms with van der Waals surface area (Å²) in [6, 6.07) is 22.3. The first-order chi connectivity index (χ1) is 18.9. The highest BCUT2D eigenvalue weighted by atomic mass is 16.5. The molecule has 2 heterocycles. The summed E-state index contributed by atoms with van der Waals surface area (Å²) in [6.07, 6.45) is 5.92. The van der Waals surface area contributed by atoms with Gasteiger partial charge in [-0.1, -0.05) is 60.2 Å². The molecule has 5 rings (SSSR count). The van der Waals surface area contributed by atoms with Crippen LogP contribution in [0, 0.1) is 13.8 Å². The van der Waals surface area contributed by atoms with Gasteiger partial charge in [-0.25, -0.2) is 4.98 Å². The molecule has 1 aromatic heterocycles. The molecule has 1 amide bonds. The fourth-order valence-corrected chi connectivity index (χ4v) is 4.92. The van der Waals surface area contributed by atoms with Crippen molar-refractivity contribution in [2.45, 2.75) is 39.5 Å². The normalized spacial score (nSPS) is 16.6. The van der Waals surface area contributed by atoms with Crippen molar-refractivity contribution in [3.63, 3.8) is 0 Å². The molecule has 7 nitrogen and oxygen atoms in total. The molecule has 4 aromatic rings. The summed E-state index contributed by atoms with van der Waals surface area (Å²) >= 11 is 0. The number of benzene rings is 3. The van der Waals surface area contributed by atoms with Crippen LogP contribution >= 0.6 is 0 Å². The number of Topliss-reactive ketones (excluding diaryl/α,β-unsaturated/α-hetero) is 1. The maximum Gasteiger partial charge on any atom is 0.295 e. The van der Waals surface area contributed by atoms with Crippen molar-refractivity contribution in [2.75, 3.05) is 6.54 Å². The van der Waals surface area contributed by atoms with E-state index in [1.54, 1.807) is 17.4 Å². The van der Waals surface area contributed by atoms with E-state index in [9.17, 15) is 14.7 Å². The van der Waals surface area contributed by atoms with E-state index < -0.39 is 17.7 Å². The lowest BCUT2D eigenvalue weighted by atomic mass is 9.93. The Labute approximate surface area is 228 Å². The summed E-state index contributed by atoms with van der Waals surface area (Å²) in [5.41, 5.74) is 4.23. The molecule has 3 aromatic carbocycles. The Kier molecular flexibility index (Phi) is 7.59. The van der Waals surface area contributed by atoms with E-state index in [2.05, 4.69) is 4.98 Å². The Bertz CT molecular complexity index is 1490. The minimum Gasteiger partial charge on any atom is -0.507 e. The molecule has 1 unspecified atom stereocenters. The maximum atomic E-state index is 13.4. The SMILES string of the molecule is Cc1ccc(C)c(C(O)=C2C(=O)C(=O)N(CCCn3ccnc3)C2c2ccc(OCc3ccccc3)cc2)c1. The third-order valence-electron chi connectivity index (χ3n) is 7.01. The highest BCUT2D eigenvalue weighted by molar-refractivity contribution is 6.46. The van der Waals surface area contributed by atoms with Gasteiger partial charge in [0.2, 0.25) is 0 Å². The topological polar surface area (TPSA) is 84.7 Å². The molecule has 198 valence electrons. The molecule has 0 bridgehead atoms. The van der Waals surface area contributed by atoms with Crippen molar-refractivity contribution >= 4 is 17.4 Å². The van der Waals surface area contributed by atoms with Gasteiger partial charge >= 0.3 is 0 Å². The van der Waals surface area contributed by atoms with Gasteiger partial charge < -0.3 is 19.3 Å². The smallest absolute Gasteiger partial charge is 0.295 e. The summed E-state index contributed by atoms with van der Waals surface area (Å²) in [5.74, 6) is -0.761. The number of aliphatic hydroxyl groups is 1. The molecule has 39 heavy (non-hydrogen) atoms. The molecule has 0 radical (unpaired) electrons. The second-order valence-corrected chi connectivity index (χ2v) is 9.81. The van der Waals surface area contributed by atoms with Crippen molar-refractivity contribution in [1.29, 1.82) is 0 Å². The fraction of sp³-hybridized carbons (Fsp3) is 0.219. The van der Waals surface area contributed by atoms with E-state index >= 15 is 0 Å². The van der Waals surface area contributed by atoms with Crippen molar-refractivity contribution in [3.05, 3.63) is 125 Å². The Morgan fingerprint density at radius 1 is 0.974 bits per heavy atom. The Morgan fingerprint density at radius 3 is 2.46 bits per heavy atom. The van der Waals surface area contributed by atoms with Crippen LogP contribution in [-0.2, 0) is 22.7 Å². The third-order valence-corrected chi connectivity index (χ3v) is 7.01. The molecule has 1 N–H and O–H groups in total. The molecule has 0 saturated carbocycles. The lowest BCUT2D eigenvalue weighted by Gasteiger charge is -2.26. The number of nitrogens with zero attached hydrogens (tertiary/aromatic N) is 3. The van der Waals surface area contributed by atoms with Crippen molar-refractivity contribution < 1.29 is 19.4 Å². The second kappa shape index (κ2) is 11.4. The van der Waals surface area contributed by atoms with Crippen LogP contribution < -0.4 is 4.74 Å². The van der Waals surface area contributed by atoms with Crippen molar-refractivity contribution in [2.24, 2.45) is 0 Å².